The van der Waals surface area contributed by atoms with Crippen LogP contribution in [-0.4, -0.2) is 50.1 Å². The van der Waals surface area contributed by atoms with Crippen molar-refractivity contribution in [2.24, 2.45) is 17.6 Å². The van der Waals surface area contributed by atoms with Crippen LogP contribution in [0.15, 0.2) is 18.3 Å². The summed E-state index contributed by atoms with van der Waals surface area (Å²) >= 11 is 0. The summed E-state index contributed by atoms with van der Waals surface area (Å²) in [7, 11) is 3.07. The molecule has 0 spiro atoms. The molecule has 9 nitrogen and oxygen atoms in total. The van der Waals surface area contributed by atoms with Gasteiger partial charge in [0.25, 0.3) is 0 Å². The molecule has 2 bridgehead atoms. The Labute approximate surface area is 201 Å². The second kappa shape index (κ2) is 12.4. The lowest BCUT2D eigenvalue weighted by atomic mass is 9.94. The SMILES string of the molecule is CC[C@@H](C)[C@@H]1NC(=O)[C@@H](N)Cc2cc(c(OC)cc2OC)C=CNC(=O)[C@@H]([C@@H](C)CC)NC1=O. The van der Waals surface area contributed by atoms with Gasteiger partial charge in [-0.25, -0.2) is 0 Å². The van der Waals surface area contributed by atoms with Crippen molar-refractivity contribution in [3.63, 3.8) is 0 Å². The van der Waals surface area contributed by atoms with E-state index in [9.17, 15) is 14.4 Å². The molecule has 1 heterocycles. The quantitative estimate of drug-likeness (QED) is 0.497. The molecular formula is C25H38N4O5. The molecule has 9 heteroatoms. The van der Waals surface area contributed by atoms with Gasteiger partial charge in [-0.1, -0.05) is 40.5 Å². The summed E-state index contributed by atoms with van der Waals surface area (Å²) < 4.78 is 10.9. The number of hydrogen-bond donors (Lipinski definition) is 4. The Kier molecular flexibility index (Phi) is 9.92. The molecule has 0 unspecified atom stereocenters. The van der Waals surface area contributed by atoms with Crippen molar-refractivity contribution < 1.29 is 23.9 Å². The topological polar surface area (TPSA) is 132 Å². The van der Waals surface area contributed by atoms with E-state index in [0.717, 1.165) is 0 Å². The summed E-state index contributed by atoms with van der Waals surface area (Å²) in [5.41, 5.74) is 7.63. The molecule has 0 fully saturated rings. The first kappa shape index (κ1) is 27.2. The molecule has 0 aliphatic carbocycles. The van der Waals surface area contributed by atoms with Crippen LogP contribution in [0.2, 0.25) is 0 Å². The van der Waals surface area contributed by atoms with E-state index in [2.05, 4.69) is 16.0 Å². The van der Waals surface area contributed by atoms with Crippen LogP contribution in [0.5, 0.6) is 11.5 Å². The number of hydrogen-bond acceptors (Lipinski definition) is 6. The van der Waals surface area contributed by atoms with E-state index in [0.29, 0.717) is 35.5 Å². The lowest BCUT2D eigenvalue weighted by Gasteiger charge is -2.29. The van der Waals surface area contributed by atoms with E-state index in [4.69, 9.17) is 15.2 Å². The van der Waals surface area contributed by atoms with Gasteiger partial charge in [-0.3, -0.25) is 14.4 Å². The number of rotatable bonds is 6. The monoisotopic (exact) mass is 474 g/mol. The number of nitrogens with two attached hydrogens (primary N) is 1. The van der Waals surface area contributed by atoms with Gasteiger partial charge < -0.3 is 31.2 Å². The van der Waals surface area contributed by atoms with Crippen molar-refractivity contribution in [3.8, 4) is 11.5 Å². The predicted molar refractivity (Wildman–Crippen MR) is 131 cm³/mol. The van der Waals surface area contributed by atoms with Crippen LogP contribution < -0.4 is 31.2 Å². The molecule has 2 rings (SSSR count). The summed E-state index contributed by atoms with van der Waals surface area (Å²) in [4.78, 5) is 39.2. The maximum absolute atomic E-state index is 13.2. The zero-order valence-electron chi connectivity index (χ0n) is 20.9. The third-order valence-electron chi connectivity index (χ3n) is 6.48. The van der Waals surface area contributed by atoms with Gasteiger partial charge in [0.2, 0.25) is 17.7 Å². The molecule has 1 aromatic rings. The number of amides is 3. The average molecular weight is 475 g/mol. The van der Waals surface area contributed by atoms with Gasteiger partial charge >= 0.3 is 0 Å². The fourth-order valence-electron chi connectivity index (χ4n) is 3.82. The van der Waals surface area contributed by atoms with E-state index in [1.807, 2.05) is 33.8 Å². The predicted octanol–water partition coefficient (Wildman–Crippen LogP) is 1.74. The summed E-state index contributed by atoms with van der Waals surface area (Å²) in [6.07, 6.45) is 4.75. The third-order valence-corrected chi connectivity index (χ3v) is 6.48. The standard InChI is InChI=1S/C25H38N4O5/c1-7-14(3)21-24(31)27-10-9-16-11-17(20(34-6)13-19(16)33-5)12-18(26)23(30)28-22(15(4)8-2)25(32)29-21/h9-11,13-15,18,21-22H,7-8,12,26H2,1-6H3,(H,27,31)(H,28,30)(H,29,32)/t14-,15+,18-,21+,22-/m0/s1. The van der Waals surface area contributed by atoms with Crippen LogP contribution in [-0.2, 0) is 20.8 Å². The maximum Gasteiger partial charge on any atom is 0.246 e. The largest absolute Gasteiger partial charge is 0.496 e. The Hall–Kier alpha value is -3.07. The van der Waals surface area contributed by atoms with E-state index < -0.39 is 29.9 Å². The van der Waals surface area contributed by atoms with Gasteiger partial charge in [0.05, 0.1) is 20.3 Å². The first-order valence-corrected chi connectivity index (χ1v) is 11.7. The van der Waals surface area contributed by atoms with Crippen LogP contribution in [0.3, 0.4) is 0 Å². The van der Waals surface area contributed by atoms with Crippen molar-refractivity contribution in [1.82, 2.24) is 16.0 Å². The molecule has 1 aromatic carbocycles. The summed E-state index contributed by atoms with van der Waals surface area (Å²) in [6.45, 7) is 7.66. The van der Waals surface area contributed by atoms with Gasteiger partial charge in [-0.15, -0.1) is 0 Å². The molecule has 188 valence electrons. The minimum atomic E-state index is -0.909. The van der Waals surface area contributed by atoms with E-state index in [-0.39, 0.29) is 24.2 Å². The van der Waals surface area contributed by atoms with Gasteiger partial charge in [-0.05, 0) is 29.5 Å². The smallest absolute Gasteiger partial charge is 0.246 e. The normalized spacial score (nSPS) is 23.5. The van der Waals surface area contributed by atoms with Crippen molar-refractivity contribution in [1.29, 1.82) is 0 Å². The number of nitrogens with one attached hydrogen (secondary N) is 3. The van der Waals surface area contributed by atoms with Crippen LogP contribution in [0.1, 0.15) is 51.7 Å². The Morgan fingerprint density at radius 1 is 0.912 bits per heavy atom. The zero-order chi connectivity index (χ0) is 25.4. The van der Waals surface area contributed by atoms with Crippen molar-refractivity contribution in [2.75, 3.05) is 14.2 Å². The molecular weight excluding hydrogens is 436 g/mol. The second-order valence-corrected chi connectivity index (χ2v) is 8.80. The van der Waals surface area contributed by atoms with Crippen LogP contribution in [0.25, 0.3) is 6.08 Å². The van der Waals surface area contributed by atoms with E-state index in [1.165, 1.54) is 20.4 Å². The van der Waals surface area contributed by atoms with Crippen molar-refractivity contribution >= 4 is 23.8 Å². The Morgan fingerprint density at radius 2 is 1.47 bits per heavy atom. The summed E-state index contributed by atoms with van der Waals surface area (Å²) in [5, 5.41) is 8.43. The summed E-state index contributed by atoms with van der Waals surface area (Å²) in [5.74, 6) is -0.410. The molecule has 0 saturated carbocycles. The molecule has 0 saturated heterocycles. The number of carbonyl (C=O) groups is 3. The minimum Gasteiger partial charge on any atom is -0.496 e. The van der Waals surface area contributed by atoms with Gasteiger partial charge in [0.15, 0.2) is 0 Å². The zero-order valence-corrected chi connectivity index (χ0v) is 20.9. The fourth-order valence-corrected chi connectivity index (χ4v) is 3.82. The average Bonchev–Trinajstić information content (AvgIpc) is 2.83. The Morgan fingerprint density at radius 3 is 2.03 bits per heavy atom. The first-order valence-electron chi connectivity index (χ1n) is 11.7. The Bertz CT molecular complexity index is 917. The molecule has 3 amide bonds. The molecule has 34 heavy (non-hydrogen) atoms. The number of methoxy groups -OCH3 is 2. The minimum absolute atomic E-state index is 0.120. The van der Waals surface area contributed by atoms with Gasteiger partial charge in [0.1, 0.15) is 23.6 Å². The molecule has 0 aromatic heterocycles. The first-order chi connectivity index (χ1) is 16.2. The fraction of sp³-hybridized carbons (Fsp3) is 0.560. The highest BCUT2D eigenvalue weighted by Gasteiger charge is 2.33. The number of benzene rings is 1. The number of fused-ring (bicyclic) bond motifs is 2. The number of ether oxygens (including phenoxy) is 2. The van der Waals surface area contributed by atoms with Crippen LogP contribution >= 0.6 is 0 Å². The molecule has 5 atom stereocenters. The highest BCUT2D eigenvalue weighted by Crippen LogP contribution is 2.31. The second-order valence-electron chi connectivity index (χ2n) is 8.80. The van der Waals surface area contributed by atoms with E-state index >= 15 is 0 Å². The van der Waals surface area contributed by atoms with Crippen LogP contribution in [0, 0.1) is 11.8 Å². The summed E-state index contributed by atoms with van der Waals surface area (Å²) in [6, 6.07) is 1.03. The molecule has 1 aliphatic heterocycles. The molecule has 5 N–H and O–H groups in total. The Balaban J connectivity index is 2.56. The molecule has 0 radical (unpaired) electrons. The number of carbonyl (C=O) groups excluding carboxylic acids is 3. The third kappa shape index (κ3) is 6.50. The maximum atomic E-state index is 13.2. The molecule has 1 aliphatic rings. The van der Waals surface area contributed by atoms with E-state index in [1.54, 1.807) is 12.1 Å². The lowest BCUT2D eigenvalue weighted by molar-refractivity contribution is -0.134. The highest BCUT2D eigenvalue weighted by atomic mass is 16.5. The van der Waals surface area contributed by atoms with Crippen molar-refractivity contribution in [3.05, 3.63) is 29.5 Å². The van der Waals surface area contributed by atoms with Gasteiger partial charge in [-0.2, -0.15) is 0 Å². The highest BCUT2D eigenvalue weighted by molar-refractivity contribution is 5.93. The van der Waals surface area contributed by atoms with Gasteiger partial charge in [0, 0.05) is 24.3 Å². The lowest BCUT2D eigenvalue weighted by Crippen LogP contribution is -2.58. The van der Waals surface area contributed by atoms with Crippen LogP contribution in [0.4, 0.5) is 0 Å². The van der Waals surface area contributed by atoms with Crippen molar-refractivity contribution in [2.45, 2.75) is 65.1 Å².